The van der Waals surface area contributed by atoms with Crippen LogP contribution in [0.4, 0.5) is 0 Å². The van der Waals surface area contributed by atoms with Crippen LogP contribution in [0.25, 0.3) is 6.08 Å². The minimum atomic E-state index is -1.01. The summed E-state index contributed by atoms with van der Waals surface area (Å²) in [6.07, 6.45) is 2.55. The predicted octanol–water partition coefficient (Wildman–Crippen LogP) is 4.79. The third-order valence-corrected chi connectivity index (χ3v) is 3.77. The molecule has 0 heterocycles. The van der Waals surface area contributed by atoms with E-state index in [4.69, 9.17) is 26.2 Å². The van der Waals surface area contributed by atoms with Crippen LogP contribution in [0.2, 0.25) is 5.02 Å². The molecule has 2 rings (SSSR count). The average Bonchev–Trinajstić information content (AvgIpc) is 2.51. The average molecular weight is 398 g/mol. The lowest BCUT2D eigenvalue weighted by Crippen LogP contribution is -1.99. The molecule has 2 aromatic carbocycles. The number of aliphatic carboxylic acids is 1. The Balaban J connectivity index is 2.22. The largest absolute Gasteiger partial charge is 0.493 e. The van der Waals surface area contributed by atoms with E-state index in [2.05, 4.69) is 15.9 Å². The zero-order chi connectivity index (χ0) is 16.8. The number of carbonyl (C=O) groups is 1. The number of ether oxygens (including phenoxy) is 2. The molecule has 0 aliphatic carbocycles. The fourth-order valence-corrected chi connectivity index (χ4v) is 2.71. The van der Waals surface area contributed by atoms with E-state index in [1.54, 1.807) is 18.2 Å². The summed E-state index contributed by atoms with van der Waals surface area (Å²) in [5.41, 5.74) is 1.62. The van der Waals surface area contributed by atoms with Crippen LogP contribution in [0.1, 0.15) is 11.1 Å². The fourth-order valence-electron chi connectivity index (χ4n) is 1.93. The first-order chi connectivity index (χ1) is 11.0. The third kappa shape index (κ3) is 5.01. The number of hydrogen-bond donors (Lipinski definition) is 1. The van der Waals surface area contributed by atoms with Gasteiger partial charge in [-0.05, 0) is 57.4 Å². The van der Waals surface area contributed by atoms with E-state index in [9.17, 15) is 4.79 Å². The normalized spacial score (nSPS) is 10.7. The molecule has 0 aliphatic heterocycles. The summed E-state index contributed by atoms with van der Waals surface area (Å²) in [7, 11) is 1.53. The Morgan fingerprint density at radius 2 is 2.13 bits per heavy atom. The van der Waals surface area contributed by atoms with Crippen LogP contribution < -0.4 is 9.47 Å². The number of methoxy groups -OCH3 is 1. The molecule has 0 saturated heterocycles. The summed E-state index contributed by atoms with van der Waals surface area (Å²) < 4.78 is 11.8. The quantitative estimate of drug-likeness (QED) is 0.712. The van der Waals surface area contributed by atoms with E-state index in [0.717, 1.165) is 11.6 Å². The minimum absolute atomic E-state index is 0.333. The van der Waals surface area contributed by atoms with E-state index in [0.29, 0.717) is 33.2 Å². The van der Waals surface area contributed by atoms with E-state index >= 15 is 0 Å². The van der Waals surface area contributed by atoms with Crippen LogP contribution >= 0.6 is 27.5 Å². The molecule has 0 radical (unpaired) electrons. The molecular formula is C17H14BrClO4. The molecule has 4 nitrogen and oxygen atoms in total. The number of hydrogen-bond acceptors (Lipinski definition) is 3. The van der Waals surface area contributed by atoms with Gasteiger partial charge >= 0.3 is 5.97 Å². The van der Waals surface area contributed by atoms with Crippen molar-refractivity contribution in [2.24, 2.45) is 0 Å². The van der Waals surface area contributed by atoms with Crippen molar-refractivity contribution in [2.75, 3.05) is 7.11 Å². The van der Waals surface area contributed by atoms with Gasteiger partial charge in [0.15, 0.2) is 11.5 Å². The molecule has 0 bridgehead atoms. The molecule has 0 fully saturated rings. The van der Waals surface area contributed by atoms with Crippen LogP contribution in [-0.4, -0.2) is 18.2 Å². The lowest BCUT2D eigenvalue weighted by molar-refractivity contribution is -0.131. The molecule has 0 amide bonds. The molecule has 1 N–H and O–H groups in total. The van der Waals surface area contributed by atoms with E-state index in [1.807, 2.05) is 18.2 Å². The van der Waals surface area contributed by atoms with Gasteiger partial charge in [-0.15, -0.1) is 0 Å². The maximum absolute atomic E-state index is 10.6. The number of rotatable bonds is 6. The van der Waals surface area contributed by atoms with Gasteiger partial charge in [0.05, 0.1) is 11.6 Å². The van der Waals surface area contributed by atoms with Gasteiger partial charge in [0.2, 0.25) is 0 Å². The van der Waals surface area contributed by atoms with E-state index < -0.39 is 5.97 Å². The van der Waals surface area contributed by atoms with Gasteiger partial charge in [-0.2, -0.15) is 0 Å². The summed E-state index contributed by atoms with van der Waals surface area (Å²) in [4.78, 5) is 10.6. The van der Waals surface area contributed by atoms with Gasteiger partial charge in [0.1, 0.15) is 6.61 Å². The van der Waals surface area contributed by atoms with Gasteiger partial charge < -0.3 is 14.6 Å². The number of halogens is 2. The highest BCUT2D eigenvalue weighted by molar-refractivity contribution is 9.10. The van der Waals surface area contributed by atoms with Crippen molar-refractivity contribution in [3.05, 3.63) is 63.1 Å². The highest BCUT2D eigenvalue weighted by Gasteiger charge is 2.11. The summed E-state index contributed by atoms with van der Waals surface area (Å²) >= 11 is 9.37. The highest BCUT2D eigenvalue weighted by Crippen LogP contribution is 2.37. The standard InChI is InChI=1S/C17H14BrClO4/c1-22-15-9-11(5-6-16(20)21)8-14(18)17(15)23-10-12-3-2-4-13(19)7-12/h2-9H,10H2,1H3,(H,20,21). The number of carboxylic acids is 1. The molecule has 0 unspecified atom stereocenters. The predicted molar refractivity (Wildman–Crippen MR) is 93.1 cm³/mol. The van der Waals surface area contributed by atoms with Crippen LogP contribution in [0.5, 0.6) is 11.5 Å². The van der Waals surface area contributed by atoms with Crippen LogP contribution in [0, 0.1) is 0 Å². The van der Waals surface area contributed by atoms with Crippen molar-refractivity contribution in [3.8, 4) is 11.5 Å². The Labute approximate surface area is 147 Å². The SMILES string of the molecule is COc1cc(C=CC(=O)O)cc(Br)c1OCc1cccc(Cl)c1. The molecule has 2 aromatic rings. The van der Waals surface area contributed by atoms with Crippen LogP contribution in [0.15, 0.2) is 46.9 Å². The number of carboxylic acid groups (broad SMARTS) is 1. The van der Waals surface area contributed by atoms with Gasteiger partial charge in [-0.3, -0.25) is 0 Å². The summed E-state index contributed by atoms with van der Waals surface area (Å²) in [5, 5.41) is 9.34. The van der Waals surface area contributed by atoms with Crippen molar-refractivity contribution >= 4 is 39.6 Å². The summed E-state index contributed by atoms with van der Waals surface area (Å²) in [6, 6.07) is 10.9. The molecule has 23 heavy (non-hydrogen) atoms. The molecule has 6 heteroatoms. The van der Waals surface area contributed by atoms with E-state index in [-0.39, 0.29) is 0 Å². The van der Waals surface area contributed by atoms with Crippen molar-refractivity contribution in [2.45, 2.75) is 6.61 Å². The van der Waals surface area contributed by atoms with Crippen molar-refractivity contribution in [1.82, 2.24) is 0 Å². The Kier molecular flexibility index (Phi) is 6.07. The fraction of sp³-hybridized carbons (Fsp3) is 0.118. The first-order valence-electron chi connectivity index (χ1n) is 6.65. The molecule has 0 aliphatic rings. The lowest BCUT2D eigenvalue weighted by Gasteiger charge is -2.13. The summed E-state index contributed by atoms with van der Waals surface area (Å²) in [6.45, 7) is 0.333. The molecule has 0 spiro atoms. The maximum Gasteiger partial charge on any atom is 0.328 e. The molecule has 120 valence electrons. The van der Waals surface area contributed by atoms with Gasteiger partial charge in [0.25, 0.3) is 0 Å². The molecular weight excluding hydrogens is 384 g/mol. The van der Waals surface area contributed by atoms with Crippen molar-refractivity contribution in [1.29, 1.82) is 0 Å². The third-order valence-electron chi connectivity index (χ3n) is 2.94. The first-order valence-corrected chi connectivity index (χ1v) is 7.82. The van der Waals surface area contributed by atoms with Crippen molar-refractivity contribution < 1.29 is 19.4 Å². The Hall–Kier alpha value is -1.98. The zero-order valence-electron chi connectivity index (χ0n) is 12.3. The van der Waals surface area contributed by atoms with E-state index in [1.165, 1.54) is 13.2 Å². The van der Waals surface area contributed by atoms with Gasteiger partial charge in [-0.25, -0.2) is 4.79 Å². The first kappa shape index (κ1) is 17.4. The molecule has 0 saturated carbocycles. The Bertz CT molecular complexity index is 743. The highest BCUT2D eigenvalue weighted by atomic mass is 79.9. The van der Waals surface area contributed by atoms with Gasteiger partial charge in [0, 0.05) is 11.1 Å². The molecule has 0 atom stereocenters. The smallest absolute Gasteiger partial charge is 0.328 e. The minimum Gasteiger partial charge on any atom is -0.493 e. The second kappa shape index (κ2) is 8.04. The second-order valence-corrected chi connectivity index (χ2v) is 5.92. The maximum atomic E-state index is 10.6. The Morgan fingerprint density at radius 1 is 1.35 bits per heavy atom. The van der Waals surface area contributed by atoms with Crippen LogP contribution in [0.3, 0.4) is 0 Å². The molecule has 0 aromatic heterocycles. The Morgan fingerprint density at radius 3 is 2.78 bits per heavy atom. The topological polar surface area (TPSA) is 55.8 Å². The monoisotopic (exact) mass is 396 g/mol. The summed E-state index contributed by atoms with van der Waals surface area (Å²) in [5.74, 6) is 0.0350. The lowest BCUT2D eigenvalue weighted by atomic mass is 10.2. The second-order valence-electron chi connectivity index (χ2n) is 4.62. The van der Waals surface area contributed by atoms with Crippen molar-refractivity contribution in [3.63, 3.8) is 0 Å². The van der Waals surface area contributed by atoms with Crippen LogP contribution in [-0.2, 0) is 11.4 Å². The zero-order valence-corrected chi connectivity index (χ0v) is 14.6. The van der Waals surface area contributed by atoms with Gasteiger partial charge in [-0.1, -0.05) is 23.7 Å². The number of benzene rings is 2.